The molecule has 0 aromatic carbocycles. The van der Waals surface area contributed by atoms with Crippen molar-refractivity contribution < 1.29 is 37.3 Å². The van der Waals surface area contributed by atoms with E-state index in [1.54, 1.807) is 0 Å². The predicted octanol–water partition coefficient (Wildman–Crippen LogP) is 22.3. The van der Waals surface area contributed by atoms with E-state index in [1.807, 2.05) is 33.3 Å². The smallest absolute Gasteiger partial charge is 0.456 e. The average Bonchev–Trinajstić information content (AvgIpc) is 3.51. The number of carbonyl (C=O) groups excluding carboxylic acids is 2. The highest BCUT2D eigenvalue weighted by molar-refractivity contribution is 7.47. The fourth-order valence-electron chi connectivity index (χ4n) is 10.2. The zero-order valence-corrected chi connectivity index (χ0v) is 56.3. The van der Waals surface area contributed by atoms with Crippen molar-refractivity contribution in [3.8, 4) is 0 Å². The molecule has 0 fully saturated rings. The number of nitrogens with zero attached hydrogens (tertiary/aromatic N) is 1. The lowest BCUT2D eigenvalue weighted by atomic mass is 10.0. The van der Waals surface area contributed by atoms with E-state index in [4.69, 9.17) is 13.8 Å². The van der Waals surface area contributed by atoms with Crippen molar-refractivity contribution in [3.05, 3.63) is 72.9 Å². The van der Waals surface area contributed by atoms with Gasteiger partial charge < -0.3 is 19.4 Å². The Morgan fingerprint density at radius 1 is 0.422 bits per heavy atom. The van der Waals surface area contributed by atoms with E-state index in [0.717, 1.165) is 77.0 Å². The number of allylic oxidation sites excluding steroid dienone is 11. The Kier molecular flexibility index (Phi) is 60.6. The molecule has 0 rings (SSSR count). The summed E-state index contributed by atoms with van der Waals surface area (Å²) in [6.45, 7) is 7.00. The highest BCUT2D eigenvalue weighted by Gasteiger charge is 2.30. The minimum absolute atomic E-state index is 0.0383. The molecular formula is C73H136N2O7P+. The normalized spacial score (nSPS) is 14.0. The second-order valence-electron chi connectivity index (χ2n) is 25.0. The molecule has 3 atom stereocenters. The number of ether oxygens (including phenoxy) is 1. The molecule has 0 aliphatic heterocycles. The van der Waals surface area contributed by atoms with Gasteiger partial charge in [0.15, 0.2) is 0 Å². The standard InChI is InChI=1S/C73H135N2O7P/c1-7-10-13-16-19-22-25-27-29-31-33-34-35-36-37-38-39-40-42-44-46-48-51-54-57-60-63-66-73(77)82-71(64-61-58-55-52-49-24-21-18-15-12-9-3)70(69-81-83(78,79)80-68-67-75(4,5)6)74-72(76)65-62-59-56-53-50-47-45-43-41-32-30-28-26-23-20-17-14-11-8-2/h19,22,27-30,33-34,36-37,61,64,70-71H,7-18,20-21,23-26,31-32,35,38-60,62-63,65-69H2,1-6H3,(H-,74,76,78,79)/p+1/b22-19-,29-27-,30-28+,34-33-,37-36-,64-61-. The molecule has 0 aliphatic rings. The van der Waals surface area contributed by atoms with Crippen molar-refractivity contribution in [1.29, 1.82) is 0 Å². The first kappa shape index (κ1) is 80.5. The lowest BCUT2D eigenvalue weighted by molar-refractivity contribution is -0.870. The summed E-state index contributed by atoms with van der Waals surface area (Å²) < 4.78 is 30.8. The molecule has 484 valence electrons. The van der Waals surface area contributed by atoms with Crippen LogP contribution in [0.1, 0.15) is 329 Å². The summed E-state index contributed by atoms with van der Waals surface area (Å²) in [7, 11) is 1.50. The Morgan fingerprint density at radius 3 is 1.13 bits per heavy atom. The highest BCUT2D eigenvalue weighted by Crippen LogP contribution is 2.43. The molecule has 3 unspecified atom stereocenters. The van der Waals surface area contributed by atoms with E-state index < -0.39 is 20.0 Å². The summed E-state index contributed by atoms with van der Waals surface area (Å²) in [6.07, 6.45) is 82.0. The molecule has 83 heavy (non-hydrogen) atoms. The van der Waals surface area contributed by atoms with Gasteiger partial charge in [-0.2, -0.15) is 0 Å². The number of phosphoric ester groups is 1. The van der Waals surface area contributed by atoms with Crippen LogP contribution in [-0.2, 0) is 27.9 Å². The van der Waals surface area contributed by atoms with Crippen LogP contribution in [0, 0.1) is 0 Å². The monoisotopic (exact) mass is 1180 g/mol. The third-order valence-electron chi connectivity index (χ3n) is 15.6. The number of carbonyl (C=O) groups is 2. The Balaban J connectivity index is 5.02. The van der Waals surface area contributed by atoms with E-state index in [0.29, 0.717) is 17.4 Å². The largest absolute Gasteiger partial charge is 0.472 e. The minimum Gasteiger partial charge on any atom is -0.456 e. The number of nitrogens with one attached hydrogen (secondary N) is 1. The van der Waals surface area contributed by atoms with Gasteiger partial charge in [0.2, 0.25) is 5.91 Å². The number of hydrogen-bond donors (Lipinski definition) is 2. The summed E-state index contributed by atoms with van der Waals surface area (Å²) in [4.78, 5) is 37.8. The van der Waals surface area contributed by atoms with E-state index >= 15 is 0 Å². The van der Waals surface area contributed by atoms with Gasteiger partial charge in [-0.1, -0.05) is 287 Å². The molecular weight excluding hydrogens is 1050 g/mol. The number of hydrogen-bond acceptors (Lipinski definition) is 6. The number of quaternary nitrogens is 1. The van der Waals surface area contributed by atoms with Crippen molar-refractivity contribution in [2.75, 3.05) is 40.9 Å². The SMILES string of the molecule is CCCCC/C=C\C/C=C\C/C=C\C/C=C\CCCCCCCCCCCCCC(=O)OC(/C=C\CCCCCCCCCCC)C(COP(=O)(O)OCC[N+](C)(C)C)NC(=O)CCCCCCCCCCC/C=C/CCCCCCCC. The van der Waals surface area contributed by atoms with Crippen LogP contribution in [0.4, 0.5) is 0 Å². The van der Waals surface area contributed by atoms with E-state index in [1.165, 1.54) is 218 Å². The second kappa shape index (κ2) is 62.5. The van der Waals surface area contributed by atoms with E-state index in [9.17, 15) is 19.0 Å². The first-order valence-corrected chi connectivity index (χ1v) is 36.8. The van der Waals surface area contributed by atoms with Crippen molar-refractivity contribution in [3.63, 3.8) is 0 Å². The Labute approximate surface area is 514 Å². The maximum Gasteiger partial charge on any atom is 0.472 e. The zero-order valence-electron chi connectivity index (χ0n) is 55.4. The van der Waals surface area contributed by atoms with Gasteiger partial charge in [-0.3, -0.25) is 18.6 Å². The van der Waals surface area contributed by atoms with Gasteiger partial charge in [0, 0.05) is 12.8 Å². The van der Waals surface area contributed by atoms with Gasteiger partial charge in [0.05, 0.1) is 33.8 Å². The number of rotatable bonds is 64. The minimum atomic E-state index is -4.45. The molecule has 0 heterocycles. The third-order valence-corrected chi connectivity index (χ3v) is 16.6. The van der Waals surface area contributed by atoms with Crippen molar-refractivity contribution in [2.45, 2.75) is 341 Å². The molecule has 0 spiro atoms. The molecule has 1 amide bonds. The van der Waals surface area contributed by atoms with Gasteiger partial charge in [0.25, 0.3) is 0 Å². The van der Waals surface area contributed by atoms with Gasteiger partial charge in [0.1, 0.15) is 19.3 Å². The van der Waals surface area contributed by atoms with Crippen LogP contribution in [0.15, 0.2) is 72.9 Å². The molecule has 0 aromatic rings. The number of phosphoric acid groups is 1. The molecule has 0 aromatic heterocycles. The summed E-state index contributed by atoms with van der Waals surface area (Å²) in [6, 6.07) is -0.853. The Bertz CT molecular complexity index is 1650. The second-order valence-corrected chi connectivity index (χ2v) is 26.5. The van der Waals surface area contributed by atoms with Gasteiger partial charge in [-0.05, 0) is 102 Å². The Hall–Kier alpha value is -2.55. The predicted molar refractivity (Wildman–Crippen MR) is 360 cm³/mol. The van der Waals surface area contributed by atoms with Crippen LogP contribution in [0.25, 0.3) is 0 Å². The zero-order chi connectivity index (χ0) is 60.7. The Morgan fingerprint density at radius 2 is 0.735 bits per heavy atom. The molecule has 0 aliphatic carbocycles. The lowest BCUT2D eigenvalue weighted by Crippen LogP contribution is -2.47. The van der Waals surface area contributed by atoms with Gasteiger partial charge in [-0.25, -0.2) is 4.57 Å². The molecule has 10 heteroatoms. The van der Waals surface area contributed by atoms with Crippen molar-refractivity contribution in [2.24, 2.45) is 0 Å². The van der Waals surface area contributed by atoms with Crippen LogP contribution in [0.2, 0.25) is 0 Å². The topological polar surface area (TPSA) is 111 Å². The van der Waals surface area contributed by atoms with Crippen LogP contribution < -0.4 is 5.32 Å². The molecule has 0 radical (unpaired) electrons. The molecule has 0 saturated heterocycles. The molecule has 9 nitrogen and oxygen atoms in total. The first-order chi connectivity index (χ1) is 40.4. The highest BCUT2D eigenvalue weighted by atomic mass is 31.2. The number of unbranched alkanes of at least 4 members (excludes halogenated alkanes) is 38. The van der Waals surface area contributed by atoms with Gasteiger partial charge >= 0.3 is 13.8 Å². The summed E-state index contributed by atoms with van der Waals surface area (Å²) in [5.41, 5.74) is 0. The van der Waals surface area contributed by atoms with Crippen LogP contribution in [-0.4, -0.2) is 74.3 Å². The van der Waals surface area contributed by atoms with Crippen LogP contribution in [0.5, 0.6) is 0 Å². The van der Waals surface area contributed by atoms with Crippen molar-refractivity contribution >= 4 is 19.7 Å². The fourth-order valence-corrected chi connectivity index (χ4v) is 10.9. The molecule has 0 bridgehead atoms. The van der Waals surface area contributed by atoms with Crippen molar-refractivity contribution in [1.82, 2.24) is 5.32 Å². The molecule has 0 saturated carbocycles. The van der Waals surface area contributed by atoms with Crippen LogP contribution >= 0.6 is 7.82 Å². The average molecular weight is 1180 g/mol. The van der Waals surface area contributed by atoms with Gasteiger partial charge in [-0.15, -0.1) is 0 Å². The third kappa shape index (κ3) is 63.8. The maximum atomic E-state index is 13.6. The van der Waals surface area contributed by atoms with E-state index in [-0.39, 0.29) is 31.5 Å². The molecule has 2 N–H and O–H groups in total. The van der Waals surface area contributed by atoms with Crippen LogP contribution in [0.3, 0.4) is 0 Å². The number of esters is 1. The van der Waals surface area contributed by atoms with E-state index in [2.05, 4.69) is 86.8 Å². The summed E-state index contributed by atoms with van der Waals surface area (Å²) >= 11 is 0. The first-order valence-electron chi connectivity index (χ1n) is 35.3. The summed E-state index contributed by atoms with van der Waals surface area (Å²) in [5, 5.41) is 3.07. The number of amides is 1. The maximum absolute atomic E-state index is 13.6. The quantitative estimate of drug-likeness (QED) is 0.0205. The lowest BCUT2D eigenvalue weighted by Gasteiger charge is -2.27. The fraction of sp³-hybridized carbons (Fsp3) is 0.808. The number of likely N-dealkylation sites (N-methyl/N-ethyl adjacent to an activating group) is 1. The summed E-state index contributed by atoms with van der Waals surface area (Å²) in [5.74, 6) is -0.503.